The van der Waals surface area contributed by atoms with Gasteiger partial charge in [0.25, 0.3) is 0 Å². The van der Waals surface area contributed by atoms with Crippen molar-refractivity contribution in [2.45, 2.75) is 13.8 Å². The summed E-state index contributed by atoms with van der Waals surface area (Å²) in [5, 5.41) is 0.310. The lowest BCUT2D eigenvalue weighted by Crippen LogP contribution is -2.09. The van der Waals surface area contributed by atoms with E-state index in [4.69, 9.17) is 21.1 Å². The van der Waals surface area contributed by atoms with Crippen LogP contribution in [-0.2, 0) is 0 Å². The van der Waals surface area contributed by atoms with Gasteiger partial charge in [0, 0.05) is 6.07 Å². The van der Waals surface area contributed by atoms with Crippen molar-refractivity contribution in [3.05, 3.63) is 99.3 Å². The summed E-state index contributed by atoms with van der Waals surface area (Å²) < 4.78 is 11.2. The normalized spacial score (nSPS) is 13.9. The van der Waals surface area contributed by atoms with Gasteiger partial charge in [0.1, 0.15) is 11.5 Å². The summed E-state index contributed by atoms with van der Waals surface area (Å²) in [7, 11) is 0. The molecule has 4 nitrogen and oxygen atoms in total. The molecule has 0 unspecified atom stereocenters. The Morgan fingerprint density at radius 3 is 2.48 bits per heavy atom. The topological polar surface area (TPSA) is 52.6 Å². The molecule has 144 valence electrons. The Morgan fingerprint density at radius 2 is 1.76 bits per heavy atom. The monoisotopic (exact) mass is 404 g/mol. The lowest BCUT2D eigenvalue weighted by atomic mass is 10.0. The predicted octanol–water partition coefficient (Wildman–Crippen LogP) is 5.79. The highest BCUT2D eigenvalue weighted by atomic mass is 35.5. The maximum absolute atomic E-state index is 12.8. The van der Waals surface area contributed by atoms with Crippen LogP contribution < -0.4 is 9.47 Å². The summed E-state index contributed by atoms with van der Waals surface area (Å²) in [5.41, 5.74) is 3.41. The van der Waals surface area contributed by atoms with E-state index in [2.05, 4.69) is 0 Å². The molecule has 0 amide bonds. The molecule has 0 saturated carbocycles. The molecule has 0 radical (unpaired) electrons. The number of carbonyl (C=O) groups is 2. The van der Waals surface area contributed by atoms with E-state index >= 15 is 0 Å². The molecule has 0 aliphatic carbocycles. The first-order valence-corrected chi connectivity index (χ1v) is 9.42. The van der Waals surface area contributed by atoms with Crippen molar-refractivity contribution < 1.29 is 19.1 Å². The van der Waals surface area contributed by atoms with Crippen LogP contribution in [0.4, 0.5) is 0 Å². The van der Waals surface area contributed by atoms with Gasteiger partial charge in [-0.1, -0.05) is 53.6 Å². The average Bonchev–Trinajstić information content (AvgIpc) is 2.99. The smallest absolute Gasteiger partial charge is 0.345 e. The highest BCUT2D eigenvalue weighted by Crippen LogP contribution is 2.37. The number of carbonyl (C=O) groups excluding carboxylic acids is 2. The van der Waals surface area contributed by atoms with Gasteiger partial charge in [0.15, 0.2) is 5.76 Å². The molecule has 0 N–H and O–H groups in total. The van der Waals surface area contributed by atoms with E-state index in [1.807, 2.05) is 31.2 Å². The van der Waals surface area contributed by atoms with Gasteiger partial charge in [-0.15, -0.1) is 0 Å². The standard InChI is InChI=1S/C24H17ClO4/c1-14-7-9-16(10-8-14)12-21-23(26)22-15(2)11-17(13-20(22)29-21)28-24(27)18-5-3-4-6-19(18)25/h3-13H,1-2H3/b21-12-. The number of fused-ring (bicyclic) bond motifs is 1. The van der Waals surface area contributed by atoms with E-state index in [0.717, 1.165) is 11.1 Å². The van der Waals surface area contributed by atoms with Gasteiger partial charge >= 0.3 is 5.97 Å². The van der Waals surface area contributed by atoms with Crippen molar-refractivity contribution in [2.75, 3.05) is 0 Å². The van der Waals surface area contributed by atoms with E-state index in [1.165, 1.54) is 0 Å². The van der Waals surface area contributed by atoms with Crippen LogP contribution in [0.1, 0.15) is 37.4 Å². The number of aryl methyl sites for hydroxylation is 2. The third-order valence-electron chi connectivity index (χ3n) is 4.62. The molecule has 0 aromatic heterocycles. The molecule has 5 heteroatoms. The predicted molar refractivity (Wildman–Crippen MR) is 112 cm³/mol. The van der Waals surface area contributed by atoms with Crippen LogP contribution in [0, 0.1) is 13.8 Å². The Bertz CT molecular complexity index is 1160. The number of ketones is 1. The van der Waals surface area contributed by atoms with Crippen molar-refractivity contribution in [3.8, 4) is 11.5 Å². The number of rotatable bonds is 3. The molecule has 1 aliphatic heterocycles. The summed E-state index contributed by atoms with van der Waals surface area (Å²) >= 11 is 6.06. The summed E-state index contributed by atoms with van der Waals surface area (Å²) in [4.78, 5) is 25.2. The molecule has 3 aromatic carbocycles. The second-order valence-corrected chi connectivity index (χ2v) is 7.24. The molecule has 0 saturated heterocycles. The Balaban J connectivity index is 1.62. The second kappa shape index (κ2) is 7.57. The highest BCUT2D eigenvalue weighted by Gasteiger charge is 2.30. The lowest BCUT2D eigenvalue weighted by Gasteiger charge is -2.08. The minimum absolute atomic E-state index is 0.193. The minimum atomic E-state index is -0.574. The molecule has 0 fully saturated rings. The lowest BCUT2D eigenvalue weighted by molar-refractivity contribution is 0.0734. The molecule has 1 aliphatic rings. The molecule has 1 heterocycles. The molecular formula is C24H17ClO4. The first-order valence-electron chi connectivity index (χ1n) is 9.04. The number of halogens is 1. The van der Waals surface area contributed by atoms with Crippen molar-refractivity contribution >= 4 is 29.4 Å². The van der Waals surface area contributed by atoms with Gasteiger partial charge in [0.2, 0.25) is 5.78 Å². The SMILES string of the molecule is Cc1ccc(/C=C2\Oc3cc(OC(=O)c4ccccc4Cl)cc(C)c3C2=O)cc1. The first-order chi connectivity index (χ1) is 13.9. The second-order valence-electron chi connectivity index (χ2n) is 6.83. The van der Waals surface area contributed by atoms with Crippen LogP contribution in [0.5, 0.6) is 11.5 Å². The van der Waals surface area contributed by atoms with Crippen LogP contribution in [0.25, 0.3) is 6.08 Å². The molecule has 4 rings (SSSR count). The van der Waals surface area contributed by atoms with Crippen LogP contribution in [0.2, 0.25) is 5.02 Å². The Hall–Kier alpha value is -3.37. The van der Waals surface area contributed by atoms with E-state index in [0.29, 0.717) is 21.9 Å². The summed E-state index contributed by atoms with van der Waals surface area (Å²) in [6.07, 6.45) is 1.70. The third-order valence-corrected chi connectivity index (χ3v) is 4.95. The number of hydrogen-bond donors (Lipinski definition) is 0. The number of benzene rings is 3. The number of Topliss-reactive ketones (excluding diaryl/α,β-unsaturated/α-hetero) is 1. The molecule has 0 bridgehead atoms. The van der Waals surface area contributed by atoms with Crippen LogP contribution >= 0.6 is 11.6 Å². The fourth-order valence-electron chi connectivity index (χ4n) is 3.14. The van der Waals surface area contributed by atoms with Gasteiger partial charge in [-0.2, -0.15) is 0 Å². The van der Waals surface area contributed by atoms with Crippen LogP contribution in [0.15, 0.2) is 66.4 Å². The van der Waals surface area contributed by atoms with Gasteiger partial charge in [-0.05, 0) is 49.2 Å². The molecule has 3 aromatic rings. The highest BCUT2D eigenvalue weighted by molar-refractivity contribution is 6.33. The zero-order valence-electron chi connectivity index (χ0n) is 15.9. The van der Waals surface area contributed by atoms with Crippen molar-refractivity contribution in [3.63, 3.8) is 0 Å². The van der Waals surface area contributed by atoms with Gasteiger partial charge in [-0.25, -0.2) is 4.79 Å². The van der Waals surface area contributed by atoms with Crippen molar-refractivity contribution in [1.82, 2.24) is 0 Å². The maximum Gasteiger partial charge on any atom is 0.345 e. The number of esters is 1. The first kappa shape index (κ1) is 19.0. The van der Waals surface area contributed by atoms with E-state index in [1.54, 1.807) is 49.4 Å². The maximum atomic E-state index is 12.8. The summed E-state index contributed by atoms with van der Waals surface area (Å²) in [5.74, 6) is 0.129. The van der Waals surface area contributed by atoms with Crippen molar-refractivity contribution in [2.24, 2.45) is 0 Å². The summed E-state index contributed by atoms with van der Waals surface area (Å²) in [6, 6.07) is 17.6. The number of ether oxygens (including phenoxy) is 2. The largest absolute Gasteiger partial charge is 0.452 e. The quantitative estimate of drug-likeness (QED) is 0.315. The number of allylic oxidation sites excluding steroid dienone is 1. The molecule has 0 atom stereocenters. The Labute approximate surface area is 173 Å². The van der Waals surface area contributed by atoms with Gasteiger partial charge < -0.3 is 9.47 Å². The van der Waals surface area contributed by atoms with Crippen LogP contribution in [-0.4, -0.2) is 11.8 Å². The van der Waals surface area contributed by atoms with E-state index < -0.39 is 5.97 Å². The fourth-order valence-corrected chi connectivity index (χ4v) is 3.35. The van der Waals surface area contributed by atoms with Crippen LogP contribution in [0.3, 0.4) is 0 Å². The summed E-state index contributed by atoms with van der Waals surface area (Å²) in [6.45, 7) is 3.78. The molecule has 0 spiro atoms. The third kappa shape index (κ3) is 3.80. The Kier molecular flexibility index (Phi) is 4.95. The molecule has 29 heavy (non-hydrogen) atoms. The fraction of sp³-hybridized carbons (Fsp3) is 0.0833. The number of hydrogen-bond acceptors (Lipinski definition) is 4. The van der Waals surface area contributed by atoms with Gasteiger partial charge in [0.05, 0.1) is 16.1 Å². The van der Waals surface area contributed by atoms with E-state index in [-0.39, 0.29) is 22.9 Å². The van der Waals surface area contributed by atoms with E-state index in [9.17, 15) is 9.59 Å². The zero-order chi connectivity index (χ0) is 20.5. The Morgan fingerprint density at radius 1 is 1.03 bits per heavy atom. The molecular weight excluding hydrogens is 388 g/mol. The van der Waals surface area contributed by atoms with Crippen molar-refractivity contribution in [1.29, 1.82) is 0 Å². The average molecular weight is 405 g/mol. The zero-order valence-corrected chi connectivity index (χ0v) is 16.6. The minimum Gasteiger partial charge on any atom is -0.452 e. The van der Waals surface area contributed by atoms with Gasteiger partial charge in [-0.3, -0.25) is 4.79 Å².